The fraction of sp³-hybridized carbons (Fsp3) is 0.500. The molecule has 0 atom stereocenters. The van der Waals surface area contributed by atoms with Gasteiger partial charge in [0.25, 0.3) is 0 Å². The van der Waals surface area contributed by atoms with Gasteiger partial charge in [-0.15, -0.1) is 0 Å². The Labute approximate surface area is 150 Å². The molecule has 0 aliphatic carbocycles. The standard InChI is InChI=1S/C20H30N4O/c1-6-21-20(23-13-18-12-19(14(2)3)24-25-18)22-10-9-17-8-7-15(4)11-16(17)5/h7-8,11-12,14H,6,9-10,13H2,1-5H3,(H2,21,22,23). The van der Waals surface area contributed by atoms with E-state index in [1.807, 2.05) is 6.07 Å². The van der Waals surface area contributed by atoms with Crippen LogP contribution >= 0.6 is 0 Å². The van der Waals surface area contributed by atoms with Gasteiger partial charge in [-0.2, -0.15) is 0 Å². The van der Waals surface area contributed by atoms with Crippen molar-refractivity contribution < 1.29 is 4.52 Å². The van der Waals surface area contributed by atoms with E-state index in [1.165, 1.54) is 16.7 Å². The number of benzene rings is 1. The van der Waals surface area contributed by atoms with Crippen LogP contribution in [0.5, 0.6) is 0 Å². The number of hydrogen-bond donors (Lipinski definition) is 2. The minimum absolute atomic E-state index is 0.366. The van der Waals surface area contributed by atoms with Gasteiger partial charge < -0.3 is 15.2 Å². The normalized spacial score (nSPS) is 11.8. The highest BCUT2D eigenvalue weighted by Crippen LogP contribution is 2.14. The number of aliphatic imine (C=N–C) groups is 1. The van der Waals surface area contributed by atoms with Crippen molar-refractivity contribution in [2.45, 2.75) is 53.5 Å². The van der Waals surface area contributed by atoms with E-state index >= 15 is 0 Å². The Morgan fingerprint density at radius 1 is 1.20 bits per heavy atom. The Morgan fingerprint density at radius 2 is 2.00 bits per heavy atom. The largest absolute Gasteiger partial charge is 0.359 e. The molecular formula is C20H30N4O. The number of aryl methyl sites for hydroxylation is 2. The van der Waals surface area contributed by atoms with Crippen LogP contribution in [0.3, 0.4) is 0 Å². The van der Waals surface area contributed by atoms with Crippen molar-refractivity contribution >= 4 is 5.96 Å². The van der Waals surface area contributed by atoms with Crippen LogP contribution in [0.1, 0.15) is 54.8 Å². The number of nitrogens with zero attached hydrogens (tertiary/aromatic N) is 2. The monoisotopic (exact) mass is 342 g/mol. The lowest BCUT2D eigenvalue weighted by atomic mass is 10.0. The average Bonchev–Trinajstić information content (AvgIpc) is 3.04. The molecule has 0 saturated heterocycles. The summed E-state index contributed by atoms with van der Waals surface area (Å²) < 4.78 is 5.34. The van der Waals surface area contributed by atoms with Crippen LogP contribution in [0.15, 0.2) is 33.8 Å². The van der Waals surface area contributed by atoms with Gasteiger partial charge in [0.1, 0.15) is 6.54 Å². The first kappa shape index (κ1) is 19.0. The quantitative estimate of drug-likeness (QED) is 0.595. The summed E-state index contributed by atoms with van der Waals surface area (Å²) in [5.41, 5.74) is 4.98. The number of guanidine groups is 1. The van der Waals surface area contributed by atoms with Gasteiger partial charge in [0.15, 0.2) is 11.7 Å². The third kappa shape index (κ3) is 5.93. The molecule has 0 amide bonds. The van der Waals surface area contributed by atoms with Gasteiger partial charge in [-0.3, -0.25) is 0 Å². The molecule has 0 radical (unpaired) electrons. The van der Waals surface area contributed by atoms with E-state index in [4.69, 9.17) is 4.52 Å². The topological polar surface area (TPSA) is 62.5 Å². The molecule has 1 aromatic carbocycles. The van der Waals surface area contributed by atoms with Gasteiger partial charge >= 0.3 is 0 Å². The maximum absolute atomic E-state index is 5.34. The molecule has 1 heterocycles. The smallest absolute Gasteiger partial charge is 0.191 e. The van der Waals surface area contributed by atoms with E-state index in [1.54, 1.807) is 0 Å². The van der Waals surface area contributed by atoms with Crippen molar-refractivity contribution in [3.05, 3.63) is 52.4 Å². The fourth-order valence-corrected chi connectivity index (χ4v) is 2.62. The summed E-state index contributed by atoms with van der Waals surface area (Å²) in [4.78, 5) is 4.58. The molecule has 0 unspecified atom stereocenters. The van der Waals surface area contributed by atoms with Crippen molar-refractivity contribution in [1.29, 1.82) is 0 Å². The van der Waals surface area contributed by atoms with Crippen molar-refractivity contribution in [3.8, 4) is 0 Å². The van der Waals surface area contributed by atoms with Crippen LogP contribution in [0.2, 0.25) is 0 Å². The van der Waals surface area contributed by atoms with Crippen molar-refractivity contribution in [2.24, 2.45) is 4.99 Å². The van der Waals surface area contributed by atoms with Gasteiger partial charge in [0.05, 0.1) is 5.69 Å². The predicted molar refractivity (Wildman–Crippen MR) is 103 cm³/mol. The Hall–Kier alpha value is -2.30. The molecule has 0 aliphatic rings. The summed E-state index contributed by atoms with van der Waals surface area (Å²) in [6.45, 7) is 12.7. The molecule has 136 valence electrons. The van der Waals surface area contributed by atoms with Crippen LogP contribution in [0, 0.1) is 13.8 Å². The highest BCUT2D eigenvalue weighted by atomic mass is 16.5. The molecule has 25 heavy (non-hydrogen) atoms. The van der Waals surface area contributed by atoms with Crippen LogP contribution in [-0.4, -0.2) is 24.2 Å². The van der Waals surface area contributed by atoms with Gasteiger partial charge in [-0.1, -0.05) is 42.8 Å². The van der Waals surface area contributed by atoms with E-state index in [0.29, 0.717) is 12.5 Å². The maximum atomic E-state index is 5.34. The zero-order valence-corrected chi connectivity index (χ0v) is 16.0. The summed E-state index contributed by atoms with van der Waals surface area (Å²) in [5, 5.41) is 10.7. The second kappa shape index (κ2) is 9.25. The van der Waals surface area contributed by atoms with Crippen LogP contribution in [-0.2, 0) is 13.0 Å². The lowest BCUT2D eigenvalue weighted by molar-refractivity contribution is 0.376. The highest BCUT2D eigenvalue weighted by Gasteiger charge is 2.07. The van der Waals surface area contributed by atoms with Gasteiger partial charge in [-0.05, 0) is 44.2 Å². The molecule has 0 spiro atoms. The number of hydrogen-bond acceptors (Lipinski definition) is 3. The number of aromatic nitrogens is 1. The number of rotatable bonds is 7. The average molecular weight is 342 g/mol. The van der Waals surface area contributed by atoms with Crippen LogP contribution in [0.25, 0.3) is 0 Å². The van der Waals surface area contributed by atoms with Crippen molar-refractivity contribution in [1.82, 2.24) is 15.8 Å². The molecule has 0 aliphatic heterocycles. The zero-order chi connectivity index (χ0) is 18.2. The molecule has 0 saturated carbocycles. The van der Waals surface area contributed by atoms with E-state index in [-0.39, 0.29) is 0 Å². The third-order valence-corrected chi connectivity index (χ3v) is 4.09. The Bertz CT molecular complexity index is 703. The van der Waals surface area contributed by atoms with E-state index in [0.717, 1.165) is 36.9 Å². The fourth-order valence-electron chi connectivity index (χ4n) is 2.62. The second-order valence-electron chi connectivity index (χ2n) is 6.67. The Morgan fingerprint density at radius 3 is 2.64 bits per heavy atom. The van der Waals surface area contributed by atoms with Gasteiger partial charge in [0, 0.05) is 19.2 Å². The molecular weight excluding hydrogens is 312 g/mol. The summed E-state index contributed by atoms with van der Waals surface area (Å²) in [7, 11) is 0. The lowest BCUT2D eigenvalue weighted by Crippen LogP contribution is -2.38. The SMILES string of the molecule is CCNC(=NCc1cc(C(C)C)no1)NCCc1ccc(C)cc1C. The first-order chi connectivity index (χ1) is 12.0. The van der Waals surface area contributed by atoms with E-state index in [9.17, 15) is 0 Å². The van der Waals surface area contributed by atoms with Gasteiger partial charge in [-0.25, -0.2) is 4.99 Å². The van der Waals surface area contributed by atoms with E-state index < -0.39 is 0 Å². The van der Waals surface area contributed by atoms with E-state index in [2.05, 4.69) is 73.6 Å². The first-order valence-electron chi connectivity index (χ1n) is 9.03. The molecule has 2 aromatic rings. The van der Waals surface area contributed by atoms with Gasteiger partial charge in [0.2, 0.25) is 0 Å². The van der Waals surface area contributed by atoms with Crippen molar-refractivity contribution in [3.63, 3.8) is 0 Å². The molecule has 0 fully saturated rings. The lowest BCUT2D eigenvalue weighted by Gasteiger charge is -2.12. The summed E-state index contributed by atoms with van der Waals surface area (Å²) >= 11 is 0. The zero-order valence-electron chi connectivity index (χ0n) is 16.0. The van der Waals surface area contributed by atoms with Crippen molar-refractivity contribution in [2.75, 3.05) is 13.1 Å². The summed E-state index contributed by atoms with van der Waals surface area (Å²) in [6.07, 6.45) is 0.969. The molecule has 5 heteroatoms. The highest BCUT2D eigenvalue weighted by molar-refractivity contribution is 5.79. The Kier molecular flexibility index (Phi) is 7.04. The summed E-state index contributed by atoms with van der Waals surface area (Å²) in [6, 6.07) is 8.58. The molecule has 2 rings (SSSR count). The maximum Gasteiger partial charge on any atom is 0.191 e. The second-order valence-corrected chi connectivity index (χ2v) is 6.67. The molecule has 1 aromatic heterocycles. The number of nitrogens with one attached hydrogen (secondary N) is 2. The predicted octanol–water partition coefficient (Wildman–Crippen LogP) is 3.71. The minimum atomic E-state index is 0.366. The first-order valence-corrected chi connectivity index (χ1v) is 9.03. The molecule has 0 bridgehead atoms. The summed E-state index contributed by atoms with van der Waals surface area (Å²) in [5.74, 6) is 1.95. The Balaban J connectivity index is 1.90. The van der Waals surface area contributed by atoms with Crippen LogP contribution < -0.4 is 10.6 Å². The molecule has 2 N–H and O–H groups in total. The minimum Gasteiger partial charge on any atom is -0.359 e. The van der Waals surface area contributed by atoms with Crippen LogP contribution in [0.4, 0.5) is 0 Å². The third-order valence-electron chi connectivity index (χ3n) is 4.09. The molecule has 5 nitrogen and oxygen atoms in total.